The molecule has 1 aromatic rings. The highest BCUT2D eigenvalue weighted by Crippen LogP contribution is 2.22. The number of carbonyl (C=O) groups excluding carboxylic acids is 2. The highest BCUT2D eigenvalue weighted by atomic mass is 16.5. The van der Waals surface area contributed by atoms with Crippen molar-refractivity contribution in [2.45, 2.75) is 0 Å². The maximum absolute atomic E-state index is 12.3. The molecule has 6 heteroatoms. The number of benzene rings is 1. The van der Waals surface area contributed by atoms with Gasteiger partial charge in [-0.15, -0.1) is 0 Å². The van der Waals surface area contributed by atoms with E-state index < -0.39 is 0 Å². The summed E-state index contributed by atoms with van der Waals surface area (Å²) in [6, 6.07) is 5.00. The molecule has 19 heavy (non-hydrogen) atoms. The molecule has 6 nitrogen and oxygen atoms in total. The molecule has 0 atom stereocenters. The van der Waals surface area contributed by atoms with E-state index >= 15 is 0 Å². The fraction of sp³-hybridized carbons (Fsp3) is 0.385. The lowest BCUT2D eigenvalue weighted by Gasteiger charge is -2.32. The number of nitrogens with two attached hydrogens (primary N) is 1. The molecule has 102 valence electrons. The Morgan fingerprint density at radius 1 is 1.32 bits per heavy atom. The van der Waals surface area contributed by atoms with Crippen LogP contribution in [-0.4, -0.2) is 55.4 Å². The summed E-state index contributed by atoms with van der Waals surface area (Å²) in [6.45, 7) is 2.23. The van der Waals surface area contributed by atoms with E-state index in [1.165, 1.54) is 7.11 Å². The maximum atomic E-state index is 12.3. The van der Waals surface area contributed by atoms with Crippen LogP contribution in [0.15, 0.2) is 18.2 Å². The van der Waals surface area contributed by atoms with Gasteiger partial charge in [0.15, 0.2) is 0 Å². The molecule has 2 amide bonds. The third-order valence-corrected chi connectivity index (χ3v) is 3.23. The first kappa shape index (κ1) is 13.2. The molecule has 0 bridgehead atoms. The lowest BCUT2D eigenvalue weighted by atomic mass is 10.1. The van der Waals surface area contributed by atoms with E-state index in [-0.39, 0.29) is 5.91 Å². The van der Waals surface area contributed by atoms with Gasteiger partial charge in [-0.2, -0.15) is 0 Å². The molecular formula is C13H17N3O3. The summed E-state index contributed by atoms with van der Waals surface area (Å²) in [6.07, 6.45) is 0.813. The Kier molecular flexibility index (Phi) is 3.89. The van der Waals surface area contributed by atoms with E-state index in [9.17, 15) is 9.59 Å². The Morgan fingerprint density at radius 3 is 2.53 bits per heavy atom. The van der Waals surface area contributed by atoms with E-state index in [2.05, 4.69) is 0 Å². The quantitative estimate of drug-likeness (QED) is 0.624. The minimum Gasteiger partial charge on any atom is -0.495 e. The number of hydrogen-bond donors (Lipinski definition) is 1. The van der Waals surface area contributed by atoms with Crippen molar-refractivity contribution in [3.8, 4) is 5.75 Å². The predicted octanol–water partition coefficient (Wildman–Crippen LogP) is 0.192. The Balaban J connectivity index is 2.08. The van der Waals surface area contributed by atoms with E-state index in [0.717, 1.165) is 6.41 Å². The molecule has 0 unspecified atom stereocenters. The van der Waals surface area contributed by atoms with Crippen molar-refractivity contribution >= 4 is 18.0 Å². The Labute approximate surface area is 111 Å². The summed E-state index contributed by atoms with van der Waals surface area (Å²) >= 11 is 0. The van der Waals surface area contributed by atoms with Crippen molar-refractivity contribution in [1.82, 2.24) is 9.80 Å². The number of methoxy groups -OCH3 is 1. The molecule has 1 fully saturated rings. The number of amides is 2. The van der Waals surface area contributed by atoms with E-state index in [1.54, 1.807) is 28.0 Å². The van der Waals surface area contributed by atoms with Crippen LogP contribution in [0, 0.1) is 0 Å². The maximum Gasteiger partial charge on any atom is 0.254 e. The van der Waals surface area contributed by atoms with Gasteiger partial charge in [0.05, 0.1) is 12.8 Å². The van der Waals surface area contributed by atoms with Crippen LogP contribution in [0.4, 0.5) is 5.69 Å². The van der Waals surface area contributed by atoms with Gasteiger partial charge in [-0.3, -0.25) is 9.59 Å². The van der Waals surface area contributed by atoms with Gasteiger partial charge in [-0.1, -0.05) is 0 Å². The van der Waals surface area contributed by atoms with Crippen molar-refractivity contribution in [1.29, 1.82) is 0 Å². The first-order valence-corrected chi connectivity index (χ1v) is 6.08. The lowest BCUT2D eigenvalue weighted by Crippen LogP contribution is -2.48. The summed E-state index contributed by atoms with van der Waals surface area (Å²) < 4.78 is 5.06. The first-order valence-electron chi connectivity index (χ1n) is 6.08. The van der Waals surface area contributed by atoms with Gasteiger partial charge in [0, 0.05) is 31.7 Å². The number of carbonyl (C=O) groups is 2. The van der Waals surface area contributed by atoms with Crippen LogP contribution in [-0.2, 0) is 4.79 Å². The zero-order valence-corrected chi connectivity index (χ0v) is 10.8. The van der Waals surface area contributed by atoms with Crippen LogP contribution in [0.2, 0.25) is 0 Å². The van der Waals surface area contributed by atoms with E-state index in [1.807, 2.05) is 0 Å². The smallest absolute Gasteiger partial charge is 0.254 e. The third kappa shape index (κ3) is 2.78. The molecule has 0 radical (unpaired) electrons. The molecule has 1 aliphatic rings. The second kappa shape index (κ2) is 5.60. The van der Waals surface area contributed by atoms with Crippen LogP contribution in [0.3, 0.4) is 0 Å². The number of nitrogen functional groups attached to an aromatic ring is 1. The third-order valence-electron chi connectivity index (χ3n) is 3.23. The number of nitrogens with zero attached hydrogens (tertiary/aromatic N) is 2. The van der Waals surface area contributed by atoms with Gasteiger partial charge in [-0.25, -0.2) is 0 Å². The molecule has 1 heterocycles. The van der Waals surface area contributed by atoms with Gasteiger partial charge >= 0.3 is 0 Å². The second-order valence-corrected chi connectivity index (χ2v) is 4.39. The van der Waals surface area contributed by atoms with Crippen molar-refractivity contribution in [2.75, 3.05) is 39.0 Å². The molecule has 0 aromatic heterocycles. The van der Waals surface area contributed by atoms with Crippen LogP contribution >= 0.6 is 0 Å². The van der Waals surface area contributed by atoms with E-state index in [0.29, 0.717) is 43.2 Å². The van der Waals surface area contributed by atoms with Gasteiger partial charge in [-0.05, 0) is 18.2 Å². The summed E-state index contributed by atoms with van der Waals surface area (Å²) in [4.78, 5) is 26.3. The molecule has 0 aliphatic carbocycles. The van der Waals surface area contributed by atoms with Crippen LogP contribution in [0.1, 0.15) is 10.4 Å². The predicted molar refractivity (Wildman–Crippen MR) is 70.9 cm³/mol. The topological polar surface area (TPSA) is 75.9 Å². The van der Waals surface area contributed by atoms with Crippen molar-refractivity contribution in [2.24, 2.45) is 0 Å². The molecule has 1 aliphatic heterocycles. The average molecular weight is 263 g/mol. The molecule has 1 aromatic carbocycles. The Morgan fingerprint density at radius 2 is 2.00 bits per heavy atom. The normalized spacial score (nSPS) is 15.2. The Hall–Kier alpha value is -2.24. The molecule has 1 saturated heterocycles. The minimum absolute atomic E-state index is 0.0695. The molecular weight excluding hydrogens is 246 g/mol. The Bertz CT molecular complexity index is 482. The highest BCUT2D eigenvalue weighted by Gasteiger charge is 2.21. The van der Waals surface area contributed by atoms with Crippen molar-refractivity contribution in [3.63, 3.8) is 0 Å². The number of anilines is 1. The van der Waals surface area contributed by atoms with Gasteiger partial charge < -0.3 is 20.3 Å². The molecule has 0 spiro atoms. The zero-order chi connectivity index (χ0) is 13.8. The van der Waals surface area contributed by atoms with E-state index in [4.69, 9.17) is 10.5 Å². The first-order chi connectivity index (χ1) is 9.15. The molecule has 2 rings (SSSR count). The number of ether oxygens (including phenoxy) is 1. The van der Waals surface area contributed by atoms with Crippen LogP contribution in [0.5, 0.6) is 5.75 Å². The summed E-state index contributed by atoms with van der Waals surface area (Å²) in [7, 11) is 1.53. The van der Waals surface area contributed by atoms with Gasteiger partial charge in [0.2, 0.25) is 6.41 Å². The van der Waals surface area contributed by atoms with Crippen LogP contribution in [0.25, 0.3) is 0 Å². The minimum atomic E-state index is -0.0695. The zero-order valence-electron chi connectivity index (χ0n) is 10.8. The second-order valence-electron chi connectivity index (χ2n) is 4.39. The van der Waals surface area contributed by atoms with Crippen molar-refractivity contribution < 1.29 is 14.3 Å². The largest absolute Gasteiger partial charge is 0.495 e. The number of hydrogen-bond acceptors (Lipinski definition) is 4. The van der Waals surface area contributed by atoms with Crippen molar-refractivity contribution in [3.05, 3.63) is 23.8 Å². The summed E-state index contributed by atoms with van der Waals surface area (Å²) in [5, 5.41) is 0. The number of rotatable bonds is 3. The van der Waals surface area contributed by atoms with Gasteiger partial charge in [0.1, 0.15) is 5.75 Å². The SMILES string of the molecule is COc1ccc(C(=O)N2CCN(C=O)CC2)cc1N. The average Bonchev–Trinajstić information content (AvgIpc) is 2.46. The number of piperazine rings is 1. The highest BCUT2D eigenvalue weighted by molar-refractivity contribution is 5.95. The monoisotopic (exact) mass is 263 g/mol. The molecule has 2 N–H and O–H groups in total. The van der Waals surface area contributed by atoms with Gasteiger partial charge in [0.25, 0.3) is 5.91 Å². The van der Waals surface area contributed by atoms with Crippen LogP contribution < -0.4 is 10.5 Å². The fourth-order valence-corrected chi connectivity index (χ4v) is 2.08. The summed E-state index contributed by atoms with van der Waals surface area (Å²) in [5.74, 6) is 0.488. The fourth-order valence-electron chi connectivity index (χ4n) is 2.08. The standard InChI is InChI=1S/C13H17N3O3/c1-19-12-3-2-10(8-11(12)14)13(18)16-6-4-15(9-17)5-7-16/h2-3,8-9H,4-7,14H2,1H3. The lowest BCUT2D eigenvalue weighted by molar-refractivity contribution is -0.119. The molecule has 0 saturated carbocycles. The summed E-state index contributed by atoms with van der Waals surface area (Å²) in [5.41, 5.74) is 6.78.